The second-order valence-electron chi connectivity index (χ2n) is 5.00. The normalized spacial score (nSPS) is 20.7. The van der Waals surface area contributed by atoms with Crippen molar-refractivity contribution in [3.8, 4) is 5.75 Å². The molecular weight excluding hydrogens is 216 g/mol. The first-order valence-corrected chi connectivity index (χ1v) is 6.20. The first-order chi connectivity index (χ1) is 8.03. The molecule has 0 amide bonds. The Hall–Kier alpha value is -1.06. The highest BCUT2D eigenvalue weighted by molar-refractivity contribution is 5.30. The molecule has 0 aromatic heterocycles. The summed E-state index contributed by atoms with van der Waals surface area (Å²) in [4.78, 5) is 0. The molecular formula is C14H20O3. The van der Waals surface area contributed by atoms with Crippen molar-refractivity contribution in [3.05, 3.63) is 29.8 Å². The highest BCUT2D eigenvalue weighted by atomic mass is 16.5. The molecule has 0 radical (unpaired) electrons. The molecule has 3 nitrogen and oxygen atoms in total. The molecule has 1 aromatic carbocycles. The van der Waals surface area contributed by atoms with Gasteiger partial charge in [0.2, 0.25) is 0 Å². The highest BCUT2D eigenvalue weighted by Crippen LogP contribution is 2.31. The third-order valence-electron chi connectivity index (χ3n) is 3.33. The van der Waals surface area contributed by atoms with E-state index >= 15 is 0 Å². The lowest BCUT2D eigenvalue weighted by Crippen LogP contribution is -2.31. The Morgan fingerprint density at radius 1 is 1.35 bits per heavy atom. The van der Waals surface area contributed by atoms with E-state index in [9.17, 15) is 10.2 Å². The van der Waals surface area contributed by atoms with Gasteiger partial charge in [-0.1, -0.05) is 19.1 Å². The van der Waals surface area contributed by atoms with Crippen LogP contribution in [-0.4, -0.2) is 21.9 Å². The predicted molar refractivity (Wildman–Crippen MR) is 66.0 cm³/mol. The Morgan fingerprint density at radius 2 is 1.94 bits per heavy atom. The summed E-state index contributed by atoms with van der Waals surface area (Å²) >= 11 is 0. The lowest BCUT2D eigenvalue weighted by Gasteiger charge is -2.28. The lowest BCUT2D eigenvalue weighted by molar-refractivity contribution is -0.0658. The molecule has 0 bridgehead atoms. The third-order valence-corrected chi connectivity index (χ3v) is 3.33. The van der Waals surface area contributed by atoms with Crippen molar-refractivity contribution >= 4 is 0 Å². The molecule has 0 saturated heterocycles. The maximum atomic E-state index is 10.0. The SMILES string of the molecule is CCC(C)(O)C(O)c1ccc(OC2CC2)cc1. The van der Waals surface area contributed by atoms with Gasteiger partial charge in [-0.05, 0) is 43.9 Å². The minimum Gasteiger partial charge on any atom is -0.490 e. The van der Waals surface area contributed by atoms with Crippen molar-refractivity contribution in [1.29, 1.82) is 0 Å². The van der Waals surface area contributed by atoms with Crippen LogP contribution in [-0.2, 0) is 0 Å². The van der Waals surface area contributed by atoms with E-state index in [4.69, 9.17) is 4.74 Å². The van der Waals surface area contributed by atoms with Crippen molar-refractivity contribution in [3.63, 3.8) is 0 Å². The summed E-state index contributed by atoms with van der Waals surface area (Å²) in [5.74, 6) is 0.833. The molecule has 2 rings (SSSR count). The van der Waals surface area contributed by atoms with E-state index in [1.165, 1.54) is 0 Å². The minimum atomic E-state index is -1.08. The van der Waals surface area contributed by atoms with E-state index in [0.717, 1.165) is 24.2 Å². The predicted octanol–water partition coefficient (Wildman–Crippen LogP) is 2.42. The fourth-order valence-electron chi connectivity index (χ4n) is 1.66. The van der Waals surface area contributed by atoms with Gasteiger partial charge in [0.25, 0.3) is 0 Å². The number of rotatable bonds is 5. The summed E-state index contributed by atoms with van der Waals surface area (Å²) in [7, 11) is 0. The molecule has 2 unspecified atom stereocenters. The monoisotopic (exact) mass is 236 g/mol. The Morgan fingerprint density at radius 3 is 2.41 bits per heavy atom. The van der Waals surface area contributed by atoms with Crippen LogP contribution in [0.5, 0.6) is 5.75 Å². The van der Waals surface area contributed by atoms with Gasteiger partial charge in [-0.2, -0.15) is 0 Å². The maximum Gasteiger partial charge on any atom is 0.119 e. The lowest BCUT2D eigenvalue weighted by atomic mass is 9.91. The van der Waals surface area contributed by atoms with Crippen molar-refractivity contribution in [2.24, 2.45) is 0 Å². The van der Waals surface area contributed by atoms with Crippen molar-refractivity contribution in [2.45, 2.75) is 50.9 Å². The maximum absolute atomic E-state index is 10.0. The number of hydrogen-bond acceptors (Lipinski definition) is 3. The minimum absolute atomic E-state index is 0.379. The van der Waals surface area contributed by atoms with Gasteiger partial charge in [-0.25, -0.2) is 0 Å². The van der Waals surface area contributed by atoms with Crippen LogP contribution in [0.25, 0.3) is 0 Å². The van der Waals surface area contributed by atoms with E-state index in [-0.39, 0.29) is 0 Å². The Labute approximate surface area is 102 Å². The van der Waals surface area contributed by atoms with Gasteiger partial charge >= 0.3 is 0 Å². The van der Waals surface area contributed by atoms with Gasteiger partial charge < -0.3 is 14.9 Å². The number of ether oxygens (including phenoxy) is 1. The van der Waals surface area contributed by atoms with Gasteiger partial charge in [0.1, 0.15) is 11.9 Å². The van der Waals surface area contributed by atoms with E-state index in [1.54, 1.807) is 6.92 Å². The Kier molecular flexibility index (Phi) is 3.40. The summed E-state index contributed by atoms with van der Waals surface area (Å²) in [6, 6.07) is 7.32. The van der Waals surface area contributed by atoms with E-state index in [2.05, 4.69) is 0 Å². The second kappa shape index (κ2) is 4.67. The summed E-state index contributed by atoms with van der Waals surface area (Å²) < 4.78 is 5.63. The zero-order valence-electron chi connectivity index (χ0n) is 10.4. The summed E-state index contributed by atoms with van der Waals surface area (Å²) in [5, 5.41) is 20.0. The molecule has 2 atom stereocenters. The quantitative estimate of drug-likeness (QED) is 0.825. The van der Waals surface area contributed by atoms with Crippen LogP contribution in [0.2, 0.25) is 0 Å². The molecule has 1 aliphatic carbocycles. The van der Waals surface area contributed by atoms with Crippen LogP contribution in [0.4, 0.5) is 0 Å². The van der Waals surface area contributed by atoms with Crippen LogP contribution < -0.4 is 4.74 Å². The van der Waals surface area contributed by atoms with Crippen LogP contribution in [0.15, 0.2) is 24.3 Å². The molecule has 0 aliphatic heterocycles. The van der Waals surface area contributed by atoms with E-state index in [0.29, 0.717) is 12.5 Å². The smallest absolute Gasteiger partial charge is 0.119 e. The van der Waals surface area contributed by atoms with Crippen LogP contribution in [0.1, 0.15) is 44.8 Å². The number of benzene rings is 1. The zero-order chi connectivity index (χ0) is 12.5. The molecule has 1 fully saturated rings. The largest absolute Gasteiger partial charge is 0.490 e. The molecule has 1 aliphatic rings. The van der Waals surface area contributed by atoms with Crippen molar-refractivity contribution in [1.82, 2.24) is 0 Å². The molecule has 1 saturated carbocycles. The average molecular weight is 236 g/mol. The summed E-state index contributed by atoms with van der Waals surface area (Å²) in [6.45, 7) is 3.50. The Bertz CT molecular complexity index is 366. The first kappa shape index (κ1) is 12.4. The summed E-state index contributed by atoms with van der Waals surface area (Å²) in [6.07, 6.45) is 2.30. The number of aliphatic hydroxyl groups excluding tert-OH is 1. The van der Waals surface area contributed by atoms with E-state index < -0.39 is 11.7 Å². The van der Waals surface area contributed by atoms with Gasteiger partial charge in [-0.15, -0.1) is 0 Å². The van der Waals surface area contributed by atoms with Gasteiger partial charge in [-0.3, -0.25) is 0 Å². The number of aliphatic hydroxyl groups is 2. The fourth-order valence-corrected chi connectivity index (χ4v) is 1.66. The van der Waals surface area contributed by atoms with E-state index in [1.807, 2.05) is 31.2 Å². The molecule has 3 heteroatoms. The van der Waals surface area contributed by atoms with Crippen molar-refractivity contribution < 1.29 is 14.9 Å². The fraction of sp³-hybridized carbons (Fsp3) is 0.571. The Balaban J connectivity index is 2.05. The molecule has 2 N–H and O–H groups in total. The third kappa shape index (κ3) is 2.99. The topological polar surface area (TPSA) is 49.7 Å². The first-order valence-electron chi connectivity index (χ1n) is 6.20. The molecule has 0 spiro atoms. The van der Waals surface area contributed by atoms with Gasteiger partial charge in [0.05, 0.1) is 11.7 Å². The average Bonchev–Trinajstić information content (AvgIpc) is 3.13. The van der Waals surface area contributed by atoms with Crippen LogP contribution in [0, 0.1) is 0 Å². The molecule has 17 heavy (non-hydrogen) atoms. The molecule has 94 valence electrons. The molecule has 1 aromatic rings. The number of hydrogen-bond donors (Lipinski definition) is 2. The zero-order valence-corrected chi connectivity index (χ0v) is 10.4. The van der Waals surface area contributed by atoms with Crippen LogP contribution in [0.3, 0.4) is 0 Å². The van der Waals surface area contributed by atoms with Crippen LogP contribution >= 0.6 is 0 Å². The van der Waals surface area contributed by atoms with Gasteiger partial charge in [0.15, 0.2) is 0 Å². The van der Waals surface area contributed by atoms with Gasteiger partial charge in [0, 0.05) is 0 Å². The standard InChI is InChI=1S/C14H20O3/c1-3-14(2,16)13(15)10-4-6-11(7-5-10)17-12-8-9-12/h4-7,12-13,15-16H,3,8-9H2,1-2H3. The molecule has 0 heterocycles. The summed E-state index contributed by atoms with van der Waals surface area (Å²) in [5.41, 5.74) is -0.362. The second-order valence-corrected chi connectivity index (χ2v) is 5.00. The highest BCUT2D eigenvalue weighted by Gasteiger charge is 2.29. The van der Waals surface area contributed by atoms with Crippen molar-refractivity contribution in [2.75, 3.05) is 0 Å².